The standard InChI is InChI=1S/C28H31NO6S/c1-21-7-9-23(10-8-21)24-6-2-4-22(20-24)5-3-17-35-25-11-13-26(14-12-25)36(32,33)28(27(30)29-31)15-18-34-19-16-28/h2,4,6-14,20,31H,3,5,15-19H2,1H3,(H,29,30). The van der Waals surface area contributed by atoms with E-state index in [9.17, 15) is 13.2 Å². The van der Waals surface area contributed by atoms with Gasteiger partial charge in [-0.25, -0.2) is 13.9 Å². The van der Waals surface area contributed by atoms with Crippen molar-refractivity contribution in [2.24, 2.45) is 0 Å². The third-order valence-electron chi connectivity index (χ3n) is 6.65. The Morgan fingerprint density at radius 1 is 1.00 bits per heavy atom. The summed E-state index contributed by atoms with van der Waals surface area (Å²) in [4.78, 5) is 12.4. The summed E-state index contributed by atoms with van der Waals surface area (Å²) in [5, 5.41) is 9.17. The molecule has 1 fully saturated rings. The Kier molecular flexibility index (Phi) is 8.08. The highest BCUT2D eigenvalue weighted by atomic mass is 32.2. The van der Waals surface area contributed by atoms with Gasteiger partial charge in [-0.1, -0.05) is 54.1 Å². The number of ether oxygens (including phenoxy) is 2. The van der Waals surface area contributed by atoms with E-state index in [1.54, 1.807) is 12.1 Å². The smallest absolute Gasteiger partial charge is 0.265 e. The molecule has 3 aromatic carbocycles. The highest BCUT2D eigenvalue weighted by Crippen LogP contribution is 2.35. The van der Waals surface area contributed by atoms with Crippen LogP contribution in [0, 0.1) is 6.92 Å². The second kappa shape index (κ2) is 11.2. The Morgan fingerprint density at radius 2 is 1.69 bits per heavy atom. The molecule has 4 rings (SSSR count). The fourth-order valence-corrected chi connectivity index (χ4v) is 6.42. The van der Waals surface area contributed by atoms with Gasteiger partial charge >= 0.3 is 0 Å². The molecule has 8 heteroatoms. The van der Waals surface area contributed by atoms with Crippen molar-refractivity contribution in [3.63, 3.8) is 0 Å². The van der Waals surface area contributed by atoms with E-state index in [2.05, 4.69) is 55.5 Å². The SMILES string of the molecule is Cc1ccc(-c2cccc(CCCOc3ccc(S(=O)(=O)C4(C(=O)NO)CCOCC4)cc3)c2)cc1. The zero-order valence-electron chi connectivity index (χ0n) is 20.3. The van der Waals surface area contributed by atoms with Crippen LogP contribution in [0.4, 0.5) is 0 Å². The van der Waals surface area contributed by atoms with Crippen molar-refractivity contribution in [1.29, 1.82) is 0 Å². The molecule has 0 unspecified atom stereocenters. The highest BCUT2D eigenvalue weighted by molar-refractivity contribution is 7.93. The third kappa shape index (κ3) is 5.46. The predicted octanol–water partition coefficient (Wildman–Crippen LogP) is 4.50. The number of hydrogen-bond acceptors (Lipinski definition) is 6. The van der Waals surface area contributed by atoms with E-state index >= 15 is 0 Å². The molecule has 2 N–H and O–H groups in total. The number of carbonyl (C=O) groups excluding carboxylic acids is 1. The number of rotatable bonds is 9. The van der Waals surface area contributed by atoms with Crippen molar-refractivity contribution in [3.05, 3.63) is 83.9 Å². The first-order valence-electron chi connectivity index (χ1n) is 12.0. The molecular formula is C28H31NO6S. The van der Waals surface area contributed by atoms with Gasteiger partial charge in [0.15, 0.2) is 14.6 Å². The number of nitrogens with one attached hydrogen (secondary N) is 1. The van der Waals surface area contributed by atoms with Gasteiger partial charge in [0.1, 0.15) is 5.75 Å². The first-order chi connectivity index (χ1) is 17.4. The maximum Gasteiger partial charge on any atom is 0.265 e. The zero-order valence-corrected chi connectivity index (χ0v) is 21.1. The number of carbonyl (C=O) groups is 1. The zero-order chi connectivity index (χ0) is 25.6. The molecule has 1 saturated heterocycles. The molecule has 190 valence electrons. The molecular weight excluding hydrogens is 478 g/mol. The van der Waals surface area contributed by atoms with E-state index in [1.165, 1.54) is 39.9 Å². The average molecular weight is 510 g/mol. The van der Waals surface area contributed by atoms with Crippen LogP contribution in [-0.4, -0.2) is 44.1 Å². The first kappa shape index (κ1) is 25.9. The third-order valence-corrected chi connectivity index (χ3v) is 9.17. The van der Waals surface area contributed by atoms with E-state index in [-0.39, 0.29) is 31.0 Å². The van der Waals surface area contributed by atoms with Crippen LogP contribution < -0.4 is 10.2 Å². The molecule has 0 saturated carbocycles. The molecule has 0 bridgehead atoms. The summed E-state index contributed by atoms with van der Waals surface area (Å²) in [5.74, 6) is -0.382. The van der Waals surface area contributed by atoms with Crippen molar-refractivity contribution in [3.8, 4) is 16.9 Å². The molecule has 0 atom stereocenters. The second-order valence-corrected chi connectivity index (χ2v) is 11.3. The van der Waals surface area contributed by atoms with Crippen LogP contribution in [-0.2, 0) is 25.8 Å². The van der Waals surface area contributed by atoms with Crippen LogP contribution in [0.1, 0.15) is 30.4 Å². The van der Waals surface area contributed by atoms with Crippen LogP contribution in [0.15, 0.2) is 77.7 Å². The van der Waals surface area contributed by atoms with Crippen molar-refractivity contribution in [2.75, 3.05) is 19.8 Å². The van der Waals surface area contributed by atoms with Gasteiger partial charge in [0.2, 0.25) is 0 Å². The monoisotopic (exact) mass is 509 g/mol. The molecule has 1 aliphatic rings. The van der Waals surface area contributed by atoms with Crippen LogP contribution in [0.3, 0.4) is 0 Å². The van der Waals surface area contributed by atoms with Gasteiger partial charge in [0, 0.05) is 13.2 Å². The van der Waals surface area contributed by atoms with Crippen molar-refractivity contribution in [1.82, 2.24) is 5.48 Å². The summed E-state index contributed by atoms with van der Waals surface area (Å²) >= 11 is 0. The lowest BCUT2D eigenvalue weighted by molar-refractivity contribution is -0.134. The van der Waals surface area contributed by atoms with Gasteiger partial charge in [-0.2, -0.15) is 0 Å². The highest BCUT2D eigenvalue weighted by Gasteiger charge is 2.52. The molecule has 1 aliphatic heterocycles. The number of hydrogen-bond donors (Lipinski definition) is 2. The quantitative estimate of drug-likeness (QED) is 0.250. The van der Waals surface area contributed by atoms with Gasteiger partial charge in [0.25, 0.3) is 5.91 Å². The van der Waals surface area contributed by atoms with Crippen LogP contribution >= 0.6 is 0 Å². The first-order valence-corrected chi connectivity index (χ1v) is 13.5. The van der Waals surface area contributed by atoms with Gasteiger partial charge in [-0.05, 0) is 73.6 Å². The summed E-state index contributed by atoms with van der Waals surface area (Å²) in [5.41, 5.74) is 6.35. The van der Waals surface area contributed by atoms with E-state index in [4.69, 9.17) is 14.7 Å². The van der Waals surface area contributed by atoms with E-state index in [1.807, 2.05) is 0 Å². The molecule has 0 spiro atoms. The summed E-state index contributed by atoms with van der Waals surface area (Å²) in [6.45, 7) is 2.81. The predicted molar refractivity (Wildman–Crippen MR) is 137 cm³/mol. The number of benzene rings is 3. The maximum absolute atomic E-state index is 13.3. The molecule has 1 amide bonds. The van der Waals surface area contributed by atoms with Gasteiger partial charge in [-0.15, -0.1) is 0 Å². The van der Waals surface area contributed by atoms with Crippen molar-refractivity contribution in [2.45, 2.75) is 42.2 Å². The summed E-state index contributed by atoms with van der Waals surface area (Å²) in [7, 11) is -4.05. The lowest BCUT2D eigenvalue weighted by Gasteiger charge is -2.34. The largest absolute Gasteiger partial charge is 0.494 e. The Bertz CT molecular complexity index is 1280. The Balaban J connectivity index is 1.35. The van der Waals surface area contributed by atoms with Crippen molar-refractivity contribution >= 4 is 15.7 Å². The fourth-order valence-electron chi connectivity index (χ4n) is 4.48. The summed E-state index contributed by atoms with van der Waals surface area (Å²) in [6.07, 6.45) is 1.61. The summed E-state index contributed by atoms with van der Waals surface area (Å²) in [6, 6.07) is 23.0. The van der Waals surface area contributed by atoms with Gasteiger partial charge in [0.05, 0.1) is 11.5 Å². The topological polar surface area (TPSA) is 102 Å². The Labute approximate surface area is 212 Å². The molecule has 0 aromatic heterocycles. The van der Waals surface area contributed by atoms with Gasteiger partial charge < -0.3 is 9.47 Å². The minimum Gasteiger partial charge on any atom is -0.494 e. The molecule has 7 nitrogen and oxygen atoms in total. The van der Waals surface area contributed by atoms with E-state index in [0.717, 1.165) is 12.8 Å². The number of sulfone groups is 1. The molecule has 36 heavy (non-hydrogen) atoms. The molecule has 0 radical (unpaired) electrons. The Hall–Kier alpha value is -3.20. The minimum atomic E-state index is -4.05. The number of aryl methyl sites for hydroxylation is 2. The van der Waals surface area contributed by atoms with E-state index < -0.39 is 20.5 Å². The molecule has 3 aromatic rings. The normalized spacial score (nSPS) is 15.3. The molecule has 0 aliphatic carbocycles. The van der Waals surface area contributed by atoms with Crippen LogP contribution in [0.5, 0.6) is 5.75 Å². The van der Waals surface area contributed by atoms with Crippen LogP contribution in [0.2, 0.25) is 0 Å². The number of hydroxylamine groups is 1. The second-order valence-electron chi connectivity index (χ2n) is 9.04. The lowest BCUT2D eigenvalue weighted by atomic mass is 9.98. The van der Waals surface area contributed by atoms with Crippen LogP contribution in [0.25, 0.3) is 11.1 Å². The molecule has 1 heterocycles. The average Bonchev–Trinajstić information content (AvgIpc) is 2.92. The van der Waals surface area contributed by atoms with Gasteiger partial charge in [-0.3, -0.25) is 10.0 Å². The van der Waals surface area contributed by atoms with E-state index in [0.29, 0.717) is 12.4 Å². The summed E-state index contributed by atoms with van der Waals surface area (Å²) < 4.78 is 36.0. The minimum absolute atomic E-state index is 0.00766. The maximum atomic E-state index is 13.3. The lowest BCUT2D eigenvalue weighted by Crippen LogP contribution is -2.54. The fraction of sp³-hybridized carbons (Fsp3) is 0.321. The Morgan fingerprint density at radius 3 is 2.36 bits per heavy atom. The van der Waals surface area contributed by atoms with Crippen molar-refractivity contribution < 1.29 is 27.9 Å². The number of amides is 1.